The summed E-state index contributed by atoms with van der Waals surface area (Å²) in [5, 5.41) is 11.7. The fourth-order valence-corrected chi connectivity index (χ4v) is 3.30. The number of benzene rings is 2. The Hall–Kier alpha value is -3.00. The van der Waals surface area contributed by atoms with Gasteiger partial charge in [-0.3, -0.25) is 5.10 Å². The summed E-state index contributed by atoms with van der Waals surface area (Å²) in [6, 6.07) is 12.0. The lowest BCUT2D eigenvalue weighted by atomic mass is 10.0. The van der Waals surface area contributed by atoms with Gasteiger partial charge in [0, 0.05) is 11.5 Å². The highest BCUT2D eigenvalue weighted by molar-refractivity contribution is 7.71. The van der Waals surface area contributed by atoms with Crippen LogP contribution in [0.3, 0.4) is 0 Å². The quantitative estimate of drug-likeness (QED) is 0.363. The summed E-state index contributed by atoms with van der Waals surface area (Å²) in [7, 11) is 1.56. The van der Waals surface area contributed by atoms with E-state index in [1.165, 1.54) is 6.07 Å². The molecule has 158 valence electrons. The van der Waals surface area contributed by atoms with Gasteiger partial charge in [-0.05, 0) is 54.9 Å². The zero-order valence-electron chi connectivity index (χ0n) is 17.3. The molecule has 0 bridgehead atoms. The van der Waals surface area contributed by atoms with E-state index in [0.29, 0.717) is 21.8 Å². The Balaban J connectivity index is 1.79. The van der Waals surface area contributed by atoms with Crippen LogP contribution in [0.1, 0.15) is 49.6 Å². The normalized spacial score (nSPS) is 11.4. The topological polar surface area (TPSA) is 64.4 Å². The molecule has 0 saturated carbocycles. The molecular formula is C22H25FN4O2S. The Morgan fingerprint density at radius 1 is 1.20 bits per heavy atom. The van der Waals surface area contributed by atoms with Gasteiger partial charge in [0.2, 0.25) is 4.77 Å². The molecule has 30 heavy (non-hydrogen) atoms. The first kappa shape index (κ1) is 21.7. The van der Waals surface area contributed by atoms with Crippen LogP contribution in [-0.2, 0) is 6.61 Å². The lowest BCUT2D eigenvalue weighted by Gasteiger charge is -2.12. The molecule has 2 aromatic carbocycles. The summed E-state index contributed by atoms with van der Waals surface area (Å²) in [5.41, 5.74) is 1.29. The number of hydrogen-bond donors (Lipinski definition) is 1. The molecule has 0 aliphatic carbocycles. The van der Waals surface area contributed by atoms with Crippen molar-refractivity contribution in [3.63, 3.8) is 0 Å². The van der Waals surface area contributed by atoms with Crippen molar-refractivity contribution in [2.24, 2.45) is 5.10 Å². The smallest absolute Gasteiger partial charge is 0.216 e. The Labute approximate surface area is 180 Å². The number of rotatable bonds is 9. The minimum absolute atomic E-state index is 0.111. The zero-order valence-corrected chi connectivity index (χ0v) is 18.1. The fourth-order valence-electron chi connectivity index (χ4n) is 3.11. The van der Waals surface area contributed by atoms with Crippen LogP contribution in [0.15, 0.2) is 47.6 Å². The van der Waals surface area contributed by atoms with Gasteiger partial charge in [-0.15, -0.1) is 0 Å². The number of aromatic nitrogens is 3. The first-order valence-electron chi connectivity index (χ1n) is 9.83. The lowest BCUT2D eigenvalue weighted by Crippen LogP contribution is -2.05. The van der Waals surface area contributed by atoms with Gasteiger partial charge in [-0.1, -0.05) is 32.0 Å². The second-order valence-electron chi connectivity index (χ2n) is 6.75. The van der Waals surface area contributed by atoms with Gasteiger partial charge in [0.15, 0.2) is 17.3 Å². The summed E-state index contributed by atoms with van der Waals surface area (Å²) in [5.74, 6) is 1.85. The van der Waals surface area contributed by atoms with Crippen LogP contribution in [0.5, 0.6) is 11.5 Å². The lowest BCUT2D eigenvalue weighted by molar-refractivity contribution is 0.279. The molecule has 0 amide bonds. The van der Waals surface area contributed by atoms with Crippen LogP contribution >= 0.6 is 12.2 Å². The molecule has 0 aliphatic heterocycles. The number of halogens is 1. The van der Waals surface area contributed by atoms with E-state index in [1.807, 2.05) is 6.07 Å². The maximum absolute atomic E-state index is 13.8. The Kier molecular flexibility index (Phi) is 7.35. The van der Waals surface area contributed by atoms with Gasteiger partial charge in [0.1, 0.15) is 12.4 Å². The second-order valence-corrected chi connectivity index (χ2v) is 7.13. The third kappa shape index (κ3) is 4.94. The molecule has 6 nitrogen and oxygen atoms in total. The number of nitrogens with zero attached hydrogens (tertiary/aromatic N) is 3. The Morgan fingerprint density at radius 2 is 1.97 bits per heavy atom. The van der Waals surface area contributed by atoms with E-state index in [0.717, 1.165) is 24.2 Å². The van der Waals surface area contributed by atoms with Crippen molar-refractivity contribution in [1.29, 1.82) is 0 Å². The molecule has 3 aromatic rings. The van der Waals surface area contributed by atoms with Gasteiger partial charge in [0.05, 0.1) is 13.3 Å². The van der Waals surface area contributed by atoms with E-state index in [-0.39, 0.29) is 18.3 Å². The first-order valence-corrected chi connectivity index (χ1v) is 10.2. The van der Waals surface area contributed by atoms with Crippen molar-refractivity contribution in [2.75, 3.05) is 7.11 Å². The average Bonchev–Trinajstić information content (AvgIpc) is 3.13. The minimum atomic E-state index is -0.301. The third-order valence-electron chi connectivity index (χ3n) is 4.88. The van der Waals surface area contributed by atoms with E-state index in [9.17, 15) is 4.39 Å². The summed E-state index contributed by atoms with van der Waals surface area (Å²) >= 11 is 5.32. The Bertz CT molecular complexity index is 1070. The van der Waals surface area contributed by atoms with Crippen LogP contribution in [0.2, 0.25) is 0 Å². The number of methoxy groups -OCH3 is 1. The number of H-pyrrole nitrogens is 1. The van der Waals surface area contributed by atoms with E-state index in [2.05, 4.69) is 29.1 Å². The van der Waals surface area contributed by atoms with Gasteiger partial charge >= 0.3 is 0 Å². The molecule has 0 saturated heterocycles. The molecule has 0 radical (unpaired) electrons. The van der Waals surface area contributed by atoms with Gasteiger partial charge in [-0.2, -0.15) is 14.9 Å². The fraction of sp³-hybridized carbons (Fsp3) is 0.318. The molecule has 3 rings (SSSR count). The van der Waals surface area contributed by atoms with Crippen molar-refractivity contribution in [3.05, 3.63) is 70.0 Å². The van der Waals surface area contributed by atoms with Crippen molar-refractivity contribution < 1.29 is 13.9 Å². The molecule has 1 aromatic heterocycles. The van der Waals surface area contributed by atoms with E-state index < -0.39 is 0 Å². The van der Waals surface area contributed by atoms with Crippen molar-refractivity contribution in [1.82, 2.24) is 14.9 Å². The highest BCUT2D eigenvalue weighted by atomic mass is 32.1. The van der Waals surface area contributed by atoms with Gasteiger partial charge in [-0.25, -0.2) is 4.39 Å². The number of hydrogen-bond acceptors (Lipinski definition) is 5. The van der Waals surface area contributed by atoms with Crippen molar-refractivity contribution in [3.8, 4) is 11.5 Å². The molecule has 8 heteroatoms. The molecule has 1 N–H and O–H groups in total. The maximum Gasteiger partial charge on any atom is 0.216 e. The summed E-state index contributed by atoms with van der Waals surface area (Å²) < 4.78 is 27.1. The van der Waals surface area contributed by atoms with Crippen LogP contribution in [0, 0.1) is 10.6 Å². The average molecular weight is 429 g/mol. The first-order chi connectivity index (χ1) is 14.6. The standard InChI is InChI=1S/C22H25FN4O2S/c1-4-16(5-2)21-25-26-22(30)27(21)24-13-15-10-11-19(20(12-15)28-3)29-14-17-8-6-7-9-18(17)23/h6-13,16H,4-5,14H2,1-3H3,(H,26,30)/b24-13-. The van der Waals surface area contributed by atoms with Crippen molar-refractivity contribution >= 4 is 18.4 Å². The molecule has 0 aliphatic rings. The maximum atomic E-state index is 13.8. The van der Waals surface area contributed by atoms with Crippen LogP contribution in [0.25, 0.3) is 0 Å². The predicted octanol–water partition coefficient (Wildman–Crippen LogP) is 5.45. The summed E-state index contributed by atoms with van der Waals surface area (Å²) in [6.45, 7) is 4.34. The molecule has 1 heterocycles. The van der Waals surface area contributed by atoms with Crippen LogP contribution in [0.4, 0.5) is 4.39 Å². The van der Waals surface area contributed by atoms with E-state index in [4.69, 9.17) is 21.7 Å². The van der Waals surface area contributed by atoms with Gasteiger partial charge < -0.3 is 9.47 Å². The van der Waals surface area contributed by atoms with E-state index >= 15 is 0 Å². The van der Waals surface area contributed by atoms with Crippen LogP contribution < -0.4 is 9.47 Å². The number of aromatic amines is 1. The highest BCUT2D eigenvalue weighted by Crippen LogP contribution is 2.29. The van der Waals surface area contributed by atoms with Gasteiger partial charge in [0.25, 0.3) is 0 Å². The van der Waals surface area contributed by atoms with Crippen LogP contribution in [-0.4, -0.2) is 28.2 Å². The van der Waals surface area contributed by atoms with Crippen molar-refractivity contribution in [2.45, 2.75) is 39.2 Å². The monoisotopic (exact) mass is 428 g/mol. The predicted molar refractivity (Wildman–Crippen MR) is 117 cm³/mol. The largest absolute Gasteiger partial charge is 0.493 e. The number of nitrogens with one attached hydrogen (secondary N) is 1. The molecule has 0 fully saturated rings. The highest BCUT2D eigenvalue weighted by Gasteiger charge is 2.15. The molecular weight excluding hydrogens is 403 g/mol. The summed E-state index contributed by atoms with van der Waals surface area (Å²) in [6.07, 6.45) is 3.60. The molecule has 0 atom stereocenters. The van der Waals surface area contributed by atoms with E-state index in [1.54, 1.807) is 48.3 Å². The second kappa shape index (κ2) is 10.2. The minimum Gasteiger partial charge on any atom is -0.493 e. The Morgan fingerprint density at radius 3 is 2.67 bits per heavy atom. The number of ether oxygens (including phenoxy) is 2. The third-order valence-corrected chi connectivity index (χ3v) is 5.14. The summed E-state index contributed by atoms with van der Waals surface area (Å²) in [4.78, 5) is 0. The zero-order chi connectivity index (χ0) is 21.5. The molecule has 0 spiro atoms. The SMILES string of the molecule is CCC(CC)c1n[nH]c(=S)n1/N=C\c1ccc(OCc2ccccc2F)c(OC)c1. The molecule has 0 unspecified atom stereocenters.